The molecular formula is C18H18ClNO3. The summed E-state index contributed by atoms with van der Waals surface area (Å²) in [6.07, 6.45) is 3.17. The lowest BCUT2D eigenvalue weighted by molar-refractivity contribution is -0.111. The molecule has 0 spiro atoms. The SMILES string of the molecule is CCOc1cc(/C=C/C(=O)Nc2cccc(Cl)c2)ccc1OC. The minimum absolute atomic E-state index is 0.235. The van der Waals surface area contributed by atoms with Crippen LogP contribution < -0.4 is 14.8 Å². The van der Waals surface area contributed by atoms with Gasteiger partial charge in [-0.1, -0.05) is 23.7 Å². The largest absolute Gasteiger partial charge is 0.493 e. The van der Waals surface area contributed by atoms with E-state index in [1.807, 2.05) is 19.1 Å². The zero-order valence-corrected chi connectivity index (χ0v) is 13.8. The third-order valence-corrected chi connectivity index (χ3v) is 3.24. The first kappa shape index (κ1) is 16.9. The summed E-state index contributed by atoms with van der Waals surface area (Å²) in [4.78, 5) is 11.9. The highest BCUT2D eigenvalue weighted by Crippen LogP contribution is 2.28. The number of ether oxygens (including phenoxy) is 2. The molecule has 0 saturated carbocycles. The van der Waals surface area contributed by atoms with Crippen molar-refractivity contribution in [3.63, 3.8) is 0 Å². The average Bonchev–Trinajstić information content (AvgIpc) is 2.53. The molecule has 0 aromatic heterocycles. The number of amides is 1. The summed E-state index contributed by atoms with van der Waals surface area (Å²) < 4.78 is 10.7. The first-order valence-corrected chi connectivity index (χ1v) is 7.55. The lowest BCUT2D eigenvalue weighted by Crippen LogP contribution is -2.07. The second-order valence-corrected chi connectivity index (χ2v) is 5.11. The molecule has 2 rings (SSSR count). The Hall–Kier alpha value is -2.46. The highest BCUT2D eigenvalue weighted by Gasteiger charge is 2.04. The summed E-state index contributed by atoms with van der Waals surface area (Å²) in [7, 11) is 1.59. The van der Waals surface area contributed by atoms with E-state index < -0.39 is 0 Å². The number of rotatable bonds is 6. The van der Waals surface area contributed by atoms with E-state index in [4.69, 9.17) is 21.1 Å². The second kappa shape index (κ2) is 8.25. The van der Waals surface area contributed by atoms with Crippen molar-refractivity contribution in [2.75, 3.05) is 19.0 Å². The Morgan fingerprint density at radius 2 is 2.04 bits per heavy atom. The van der Waals surface area contributed by atoms with Crippen molar-refractivity contribution in [2.45, 2.75) is 6.92 Å². The summed E-state index contributed by atoms with van der Waals surface area (Å²) in [5, 5.41) is 3.32. The van der Waals surface area contributed by atoms with Crippen molar-refractivity contribution in [1.82, 2.24) is 0 Å². The highest BCUT2D eigenvalue weighted by atomic mass is 35.5. The fourth-order valence-electron chi connectivity index (χ4n) is 1.99. The molecule has 0 saturated heterocycles. The van der Waals surface area contributed by atoms with E-state index in [1.165, 1.54) is 6.08 Å². The van der Waals surface area contributed by atoms with Gasteiger partial charge in [0.2, 0.25) is 5.91 Å². The Balaban J connectivity index is 2.07. The van der Waals surface area contributed by atoms with Gasteiger partial charge in [0.05, 0.1) is 13.7 Å². The molecule has 23 heavy (non-hydrogen) atoms. The maximum Gasteiger partial charge on any atom is 0.248 e. The molecule has 0 bridgehead atoms. The molecule has 120 valence electrons. The lowest BCUT2D eigenvalue weighted by atomic mass is 10.2. The smallest absolute Gasteiger partial charge is 0.248 e. The number of anilines is 1. The van der Waals surface area contributed by atoms with E-state index in [1.54, 1.807) is 43.5 Å². The summed E-state index contributed by atoms with van der Waals surface area (Å²) in [6.45, 7) is 2.44. The van der Waals surface area contributed by atoms with Crippen LogP contribution in [0.1, 0.15) is 12.5 Å². The number of benzene rings is 2. The molecule has 2 aromatic rings. The van der Waals surface area contributed by atoms with Gasteiger partial charge >= 0.3 is 0 Å². The van der Waals surface area contributed by atoms with Gasteiger partial charge in [0.25, 0.3) is 0 Å². The molecule has 0 radical (unpaired) electrons. The van der Waals surface area contributed by atoms with E-state index in [9.17, 15) is 4.79 Å². The van der Waals surface area contributed by atoms with Gasteiger partial charge in [-0.05, 0) is 48.9 Å². The van der Waals surface area contributed by atoms with Crippen molar-refractivity contribution in [3.8, 4) is 11.5 Å². The fraction of sp³-hybridized carbons (Fsp3) is 0.167. The number of carbonyl (C=O) groups is 1. The molecule has 0 unspecified atom stereocenters. The third-order valence-electron chi connectivity index (χ3n) is 3.01. The van der Waals surface area contributed by atoms with Crippen molar-refractivity contribution in [3.05, 3.63) is 59.1 Å². The average molecular weight is 332 g/mol. The molecular weight excluding hydrogens is 314 g/mol. The number of nitrogens with one attached hydrogen (secondary N) is 1. The van der Waals surface area contributed by atoms with Crippen LogP contribution in [-0.4, -0.2) is 19.6 Å². The number of carbonyl (C=O) groups excluding carboxylic acids is 1. The predicted molar refractivity (Wildman–Crippen MR) is 93.3 cm³/mol. The predicted octanol–water partition coefficient (Wildman–Crippen LogP) is 4.40. The summed E-state index contributed by atoms with van der Waals surface area (Å²) in [5.74, 6) is 1.07. The summed E-state index contributed by atoms with van der Waals surface area (Å²) >= 11 is 5.88. The van der Waals surface area contributed by atoms with E-state index >= 15 is 0 Å². The van der Waals surface area contributed by atoms with Crippen molar-refractivity contribution in [2.24, 2.45) is 0 Å². The van der Waals surface area contributed by atoms with Crippen LogP contribution in [-0.2, 0) is 4.79 Å². The molecule has 5 heteroatoms. The van der Waals surface area contributed by atoms with Crippen LogP contribution in [0.3, 0.4) is 0 Å². The topological polar surface area (TPSA) is 47.6 Å². The molecule has 0 heterocycles. The van der Waals surface area contributed by atoms with E-state index in [0.717, 1.165) is 5.56 Å². The maximum atomic E-state index is 11.9. The van der Waals surface area contributed by atoms with Gasteiger partial charge in [0, 0.05) is 16.8 Å². The van der Waals surface area contributed by atoms with Gasteiger partial charge < -0.3 is 14.8 Å². The second-order valence-electron chi connectivity index (χ2n) is 4.68. The third kappa shape index (κ3) is 5.04. The monoisotopic (exact) mass is 331 g/mol. The Morgan fingerprint density at radius 3 is 2.74 bits per heavy atom. The van der Waals surface area contributed by atoms with E-state index in [2.05, 4.69) is 5.32 Å². The van der Waals surface area contributed by atoms with Crippen molar-refractivity contribution < 1.29 is 14.3 Å². The molecule has 2 aromatic carbocycles. The lowest BCUT2D eigenvalue weighted by Gasteiger charge is -2.09. The molecule has 0 aliphatic carbocycles. The van der Waals surface area contributed by atoms with Gasteiger partial charge in [-0.2, -0.15) is 0 Å². The molecule has 4 nitrogen and oxygen atoms in total. The van der Waals surface area contributed by atoms with Gasteiger partial charge in [-0.15, -0.1) is 0 Å². The van der Waals surface area contributed by atoms with Gasteiger partial charge in [-0.25, -0.2) is 0 Å². The zero-order chi connectivity index (χ0) is 16.7. The Morgan fingerprint density at radius 1 is 1.22 bits per heavy atom. The minimum atomic E-state index is -0.235. The quantitative estimate of drug-likeness (QED) is 0.798. The van der Waals surface area contributed by atoms with Crippen LogP contribution in [0.5, 0.6) is 11.5 Å². The Kier molecular flexibility index (Phi) is 6.06. The van der Waals surface area contributed by atoms with E-state index in [0.29, 0.717) is 28.8 Å². The van der Waals surface area contributed by atoms with Gasteiger partial charge in [0.15, 0.2) is 11.5 Å². The Bertz CT molecular complexity index is 713. The molecule has 1 amide bonds. The van der Waals surface area contributed by atoms with Crippen LogP contribution in [0.15, 0.2) is 48.5 Å². The first-order chi connectivity index (χ1) is 11.1. The maximum absolute atomic E-state index is 11.9. The normalized spacial score (nSPS) is 10.6. The molecule has 1 N–H and O–H groups in total. The standard InChI is InChI=1S/C18H18ClNO3/c1-3-23-17-11-13(7-9-16(17)22-2)8-10-18(21)20-15-6-4-5-14(19)12-15/h4-12H,3H2,1-2H3,(H,20,21)/b10-8+. The zero-order valence-electron chi connectivity index (χ0n) is 13.0. The number of hydrogen-bond acceptors (Lipinski definition) is 3. The molecule has 0 fully saturated rings. The Labute approximate surface area is 140 Å². The number of hydrogen-bond donors (Lipinski definition) is 1. The van der Waals surface area contributed by atoms with Gasteiger partial charge in [-0.3, -0.25) is 4.79 Å². The number of methoxy groups -OCH3 is 1. The highest BCUT2D eigenvalue weighted by molar-refractivity contribution is 6.30. The van der Waals surface area contributed by atoms with Crippen LogP contribution >= 0.6 is 11.6 Å². The number of halogens is 1. The van der Waals surface area contributed by atoms with Crippen LogP contribution in [0, 0.1) is 0 Å². The molecule has 0 atom stereocenters. The molecule has 0 aliphatic rings. The summed E-state index contributed by atoms with van der Waals surface area (Å²) in [6, 6.07) is 12.5. The van der Waals surface area contributed by atoms with Crippen LogP contribution in [0.4, 0.5) is 5.69 Å². The summed E-state index contributed by atoms with van der Waals surface area (Å²) in [5.41, 5.74) is 1.49. The first-order valence-electron chi connectivity index (χ1n) is 7.18. The van der Waals surface area contributed by atoms with Crippen LogP contribution in [0.2, 0.25) is 5.02 Å². The van der Waals surface area contributed by atoms with Crippen molar-refractivity contribution >= 4 is 29.3 Å². The minimum Gasteiger partial charge on any atom is -0.493 e. The van der Waals surface area contributed by atoms with Gasteiger partial charge in [0.1, 0.15) is 0 Å². The van der Waals surface area contributed by atoms with E-state index in [-0.39, 0.29) is 5.91 Å². The fourth-order valence-corrected chi connectivity index (χ4v) is 2.18. The molecule has 0 aliphatic heterocycles. The van der Waals surface area contributed by atoms with Crippen molar-refractivity contribution in [1.29, 1.82) is 0 Å². The van der Waals surface area contributed by atoms with Crippen LogP contribution in [0.25, 0.3) is 6.08 Å².